The Labute approximate surface area is 159 Å². The number of ether oxygens (including phenoxy) is 1. The van der Waals surface area contributed by atoms with Crippen LogP contribution in [0.2, 0.25) is 0 Å². The van der Waals surface area contributed by atoms with Crippen LogP contribution in [-0.2, 0) is 14.8 Å². The number of urea groups is 1. The van der Waals surface area contributed by atoms with Crippen LogP contribution in [0.3, 0.4) is 0 Å². The summed E-state index contributed by atoms with van der Waals surface area (Å²) in [6.45, 7) is 1.25. The number of halogens is 1. The second-order valence-electron chi connectivity index (χ2n) is 5.71. The number of hydrogen-bond donors (Lipinski definition) is 0. The number of amides is 2. The van der Waals surface area contributed by atoms with E-state index in [1.165, 1.54) is 37.1 Å². The number of carbonyl (C=O) groups is 2. The van der Waals surface area contributed by atoms with Crippen molar-refractivity contribution >= 4 is 49.1 Å². The van der Waals surface area contributed by atoms with Gasteiger partial charge in [-0.05, 0) is 43.3 Å². The first-order valence-corrected chi connectivity index (χ1v) is 9.80. The number of fused-ring (bicyclic) bond motifs is 1. The Morgan fingerprint density at radius 3 is 2.42 bits per heavy atom. The number of rotatable bonds is 4. The van der Waals surface area contributed by atoms with Gasteiger partial charge in [0.2, 0.25) is 0 Å². The summed E-state index contributed by atoms with van der Waals surface area (Å²) in [6.07, 6.45) is 0. The molecular weight excluding hydrogens is 424 g/mol. The standard InChI is InChI=1S/C17H15BrN2O5S/c1-11(21)10-25-14-7-8-16-15(9-14)19(2)17(22)20(26(16,23)24)13-5-3-12(18)4-6-13/h3-9H,10H2,1-2H3. The third-order valence-electron chi connectivity index (χ3n) is 3.77. The smallest absolute Gasteiger partial charge is 0.342 e. The number of sulfonamides is 1. The fourth-order valence-electron chi connectivity index (χ4n) is 2.52. The Bertz CT molecular complexity index is 989. The van der Waals surface area contributed by atoms with Gasteiger partial charge in [-0.25, -0.2) is 13.2 Å². The zero-order valence-electron chi connectivity index (χ0n) is 14.0. The van der Waals surface area contributed by atoms with Gasteiger partial charge in [-0.15, -0.1) is 0 Å². The minimum absolute atomic E-state index is 0.0160. The molecule has 7 nitrogen and oxygen atoms in total. The summed E-state index contributed by atoms with van der Waals surface area (Å²) in [5, 5.41) is 0. The number of carbonyl (C=O) groups excluding carboxylic acids is 2. The van der Waals surface area contributed by atoms with Crippen molar-refractivity contribution < 1.29 is 22.7 Å². The molecule has 9 heteroatoms. The Balaban J connectivity index is 2.07. The molecule has 0 atom stereocenters. The van der Waals surface area contributed by atoms with Gasteiger partial charge in [0, 0.05) is 17.6 Å². The van der Waals surface area contributed by atoms with Crippen LogP contribution >= 0.6 is 15.9 Å². The van der Waals surface area contributed by atoms with E-state index < -0.39 is 16.1 Å². The average molecular weight is 439 g/mol. The molecule has 1 aliphatic heterocycles. The lowest BCUT2D eigenvalue weighted by molar-refractivity contribution is -0.118. The third kappa shape index (κ3) is 3.19. The summed E-state index contributed by atoms with van der Waals surface area (Å²) in [7, 11) is -2.59. The maximum absolute atomic E-state index is 13.0. The average Bonchev–Trinajstić information content (AvgIpc) is 2.59. The van der Waals surface area contributed by atoms with E-state index in [-0.39, 0.29) is 28.7 Å². The topological polar surface area (TPSA) is 84.0 Å². The Hall–Kier alpha value is -2.39. The van der Waals surface area contributed by atoms with Gasteiger partial charge < -0.3 is 4.74 Å². The molecule has 1 heterocycles. The third-order valence-corrected chi connectivity index (χ3v) is 6.05. The summed E-state index contributed by atoms with van der Waals surface area (Å²) in [5.74, 6) is 0.145. The highest BCUT2D eigenvalue weighted by molar-refractivity contribution is 9.10. The zero-order valence-corrected chi connectivity index (χ0v) is 16.4. The first-order chi connectivity index (χ1) is 12.2. The highest BCUT2D eigenvalue weighted by atomic mass is 79.9. The predicted octanol–water partition coefficient (Wildman–Crippen LogP) is 3.18. The van der Waals surface area contributed by atoms with Crippen molar-refractivity contribution in [2.75, 3.05) is 22.9 Å². The molecular formula is C17H15BrN2O5S. The molecule has 0 radical (unpaired) electrons. The summed E-state index contributed by atoms with van der Waals surface area (Å²) in [6, 6.07) is 9.97. The van der Waals surface area contributed by atoms with Crippen molar-refractivity contribution in [2.45, 2.75) is 11.8 Å². The van der Waals surface area contributed by atoms with Gasteiger partial charge in [-0.2, -0.15) is 4.31 Å². The van der Waals surface area contributed by atoms with Crippen LogP contribution in [0.25, 0.3) is 0 Å². The Morgan fingerprint density at radius 1 is 1.15 bits per heavy atom. The van der Waals surface area contributed by atoms with Crippen LogP contribution in [-0.4, -0.2) is 33.9 Å². The molecule has 136 valence electrons. The molecule has 2 amide bonds. The lowest BCUT2D eigenvalue weighted by Crippen LogP contribution is -2.49. The molecule has 1 aliphatic rings. The maximum Gasteiger partial charge on any atom is 0.342 e. The van der Waals surface area contributed by atoms with E-state index in [1.807, 2.05) is 0 Å². The Kier molecular flexibility index (Phi) is 4.76. The highest BCUT2D eigenvalue weighted by Gasteiger charge is 2.41. The summed E-state index contributed by atoms with van der Waals surface area (Å²) in [5.41, 5.74) is 0.442. The normalized spacial score (nSPS) is 15.6. The molecule has 26 heavy (non-hydrogen) atoms. The van der Waals surface area contributed by atoms with E-state index in [2.05, 4.69) is 15.9 Å². The van der Waals surface area contributed by atoms with Crippen molar-refractivity contribution in [1.82, 2.24) is 0 Å². The molecule has 2 aromatic carbocycles. The zero-order chi connectivity index (χ0) is 19.1. The van der Waals surface area contributed by atoms with Crippen LogP contribution in [0, 0.1) is 0 Å². The van der Waals surface area contributed by atoms with Crippen LogP contribution < -0.4 is 13.9 Å². The number of nitrogens with zero attached hydrogens (tertiary/aromatic N) is 2. The summed E-state index contributed by atoms with van der Waals surface area (Å²) in [4.78, 5) is 25.0. The molecule has 0 unspecified atom stereocenters. The number of anilines is 2. The van der Waals surface area contributed by atoms with Gasteiger partial charge in [0.1, 0.15) is 17.3 Å². The quantitative estimate of drug-likeness (QED) is 0.731. The Morgan fingerprint density at radius 2 is 1.81 bits per heavy atom. The molecule has 0 fully saturated rings. The number of benzene rings is 2. The number of Topliss-reactive ketones (excluding diaryl/α,β-unsaturated/α-hetero) is 1. The van der Waals surface area contributed by atoms with Gasteiger partial charge in [-0.3, -0.25) is 9.69 Å². The number of ketones is 1. The maximum atomic E-state index is 13.0. The monoisotopic (exact) mass is 438 g/mol. The minimum Gasteiger partial charge on any atom is -0.486 e. The SMILES string of the molecule is CC(=O)COc1ccc2c(c1)N(C)C(=O)N(c1ccc(Br)cc1)S2(=O)=O. The van der Waals surface area contributed by atoms with Crippen LogP contribution in [0.5, 0.6) is 5.75 Å². The van der Waals surface area contributed by atoms with Crippen molar-refractivity contribution in [1.29, 1.82) is 0 Å². The van der Waals surface area contributed by atoms with Crippen molar-refractivity contribution in [3.8, 4) is 5.75 Å². The van der Waals surface area contributed by atoms with Gasteiger partial charge in [0.05, 0.1) is 11.4 Å². The summed E-state index contributed by atoms with van der Waals surface area (Å²) < 4.78 is 32.8. The van der Waals surface area contributed by atoms with Crippen molar-refractivity contribution in [2.24, 2.45) is 0 Å². The van der Waals surface area contributed by atoms with Gasteiger partial charge in [0.15, 0.2) is 5.78 Å². The second kappa shape index (κ2) is 6.73. The molecule has 0 N–H and O–H groups in total. The predicted molar refractivity (Wildman–Crippen MR) is 100 cm³/mol. The molecule has 2 aromatic rings. The van der Waals surface area contributed by atoms with E-state index in [9.17, 15) is 18.0 Å². The van der Waals surface area contributed by atoms with Gasteiger partial charge in [-0.1, -0.05) is 15.9 Å². The molecule has 0 aromatic heterocycles. The first-order valence-electron chi connectivity index (χ1n) is 7.56. The van der Waals surface area contributed by atoms with Crippen molar-refractivity contribution in [3.05, 3.63) is 46.9 Å². The van der Waals surface area contributed by atoms with Crippen LogP contribution in [0.4, 0.5) is 16.2 Å². The fraction of sp³-hybridized carbons (Fsp3) is 0.176. The summed E-state index contributed by atoms with van der Waals surface area (Å²) >= 11 is 3.28. The number of hydrogen-bond acceptors (Lipinski definition) is 5. The molecule has 0 saturated heterocycles. The van der Waals surface area contributed by atoms with Gasteiger partial charge >= 0.3 is 6.03 Å². The molecule has 0 spiro atoms. The second-order valence-corrected chi connectivity index (χ2v) is 8.38. The van der Waals surface area contributed by atoms with Gasteiger partial charge in [0.25, 0.3) is 10.0 Å². The van der Waals surface area contributed by atoms with E-state index in [0.717, 1.165) is 8.78 Å². The minimum atomic E-state index is -4.07. The lowest BCUT2D eigenvalue weighted by atomic mass is 10.2. The van der Waals surface area contributed by atoms with Crippen molar-refractivity contribution in [3.63, 3.8) is 0 Å². The van der Waals surface area contributed by atoms with E-state index in [1.54, 1.807) is 24.3 Å². The highest BCUT2D eigenvalue weighted by Crippen LogP contribution is 2.38. The van der Waals surface area contributed by atoms with Crippen LogP contribution in [0.1, 0.15) is 6.92 Å². The largest absolute Gasteiger partial charge is 0.486 e. The fourth-order valence-corrected chi connectivity index (χ4v) is 4.41. The molecule has 0 aliphatic carbocycles. The first kappa shape index (κ1) is 18.4. The molecule has 0 saturated carbocycles. The lowest BCUT2D eigenvalue weighted by Gasteiger charge is -2.34. The van der Waals surface area contributed by atoms with E-state index in [4.69, 9.17) is 4.74 Å². The van der Waals surface area contributed by atoms with E-state index in [0.29, 0.717) is 5.75 Å². The van der Waals surface area contributed by atoms with E-state index >= 15 is 0 Å². The molecule has 3 rings (SSSR count). The molecule has 0 bridgehead atoms. The van der Waals surface area contributed by atoms with Crippen LogP contribution in [0.15, 0.2) is 51.8 Å².